The van der Waals surface area contributed by atoms with E-state index in [0.717, 1.165) is 80.4 Å². The maximum Gasteiger partial charge on any atom is 0.408 e. The molecule has 1 saturated heterocycles. The summed E-state index contributed by atoms with van der Waals surface area (Å²) >= 11 is 7.85. The summed E-state index contributed by atoms with van der Waals surface area (Å²) in [4.78, 5) is 26.1. The monoisotopic (exact) mass is 884 g/mol. The van der Waals surface area contributed by atoms with Crippen LogP contribution in [-0.4, -0.2) is 115 Å². The summed E-state index contributed by atoms with van der Waals surface area (Å²) in [6, 6.07) is 9.93. The van der Waals surface area contributed by atoms with E-state index >= 15 is 8.78 Å². The molecule has 2 aromatic carbocycles. The third-order valence-electron chi connectivity index (χ3n) is 9.89. The highest BCUT2D eigenvalue weighted by Gasteiger charge is 2.51. The number of hydrogen-bond donors (Lipinski definition) is 1. The molecule has 1 aliphatic heterocycles. The first-order chi connectivity index (χ1) is 28.8. The van der Waals surface area contributed by atoms with Crippen molar-refractivity contribution < 1.29 is 54.9 Å². The van der Waals surface area contributed by atoms with Crippen LogP contribution in [0.25, 0.3) is 32.0 Å². The third kappa shape index (κ3) is 9.34. The Kier molecular flexibility index (Phi) is 12.4. The largest absolute Gasteiger partial charge is 0.501 e. The molecule has 0 amide bonds. The summed E-state index contributed by atoms with van der Waals surface area (Å²) in [5, 5.41) is 11.4. The molecule has 1 N–H and O–H groups in total. The lowest BCUT2D eigenvalue weighted by atomic mass is 9.63. The number of halogens is 7. The van der Waals surface area contributed by atoms with Gasteiger partial charge in [0, 0.05) is 50.6 Å². The number of carboxylic acids is 1. The molecule has 0 bridgehead atoms. The number of rotatable bonds is 15. The minimum atomic E-state index is -4.76. The van der Waals surface area contributed by atoms with Crippen LogP contribution in [-0.2, 0) is 22.7 Å². The zero-order valence-corrected chi connectivity index (χ0v) is 33.8. The number of para-hydroxylation sites is 1. The van der Waals surface area contributed by atoms with Crippen LogP contribution in [0.15, 0.2) is 71.5 Å². The second kappa shape index (κ2) is 17.3. The molecule has 0 unspecified atom stereocenters. The molecule has 7 rings (SSSR count). The average Bonchev–Trinajstić information content (AvgIpc) is 3.94. The van der Waals surface area contributed by atoms with E-state index in [-0.39, 0.29) is 31.4 Å². The predicted octanol–water partition coefficient (Wildman–Crippen LogP) is 7.25. The highest BCUT2D eigenvalue weighted by Crippen LogP contribution is 2.50. The van der Waals surface area contributed by atoms with Crippen molar-refractivity contribution in [1.29, 1.82) is 0 Å². The summed E-state index contributed by atoms with van der Waals surface area (Å²) in [6.07, 6.45) is -5.87. The lowest BCUT2D eigenvalue weighted by Gasteiger charge is -2.32. The maximum atomic E-state index is 16.8. The highest BCUT2D eigenvalue weighted by molar-refractivity contribution is 7.22. The molecule has 4 aromatic heterocycles. The van der Waals surface area contributed by atoms with Gasteiger partial charge in [-0.05, 0) is 55.4 Å². The first kappa shape index (κ1) is 43.8. The molecule has 12 nitrogen and oxygen atoms in total. The van der Waals surface area contributed by atoms with E-state index in [1.54, 1.807) is 19.1 Å². The number of alkyl halides is 5. The molecule has 1 fully saturated rings. The van der Waals surface area contributed by atoms with Crippen molar-refractivity contribution in [3.63, 3.8) is 0 Å². The number of likely N-dealkylation sites (N-methyl/N-ethyl adjacent to an activating group) is 1. The number of nitrogens with zero attached hydrogens (tertiary/aromatic N) is 6. The quantitative estimate of drug-likeness (QED) is 0.0828. The van der Waals surface area contributed by atoms with Crippen molar-refractivity contribution in [3.05, 3.63) is 95.0 Å². The Balaban J connectivity index is 1.25. The van der Waals surface area contributed by atoms with E-state index in [2.05, 4.69) is 31.9 Å². The fourth-order valence-electron chi connectivity index (χ4n) is 6.82. The van der Waals surface area contributed by atoms with E-state index in [4.69, 9.17) is 45.9 Å². The van der Waals surface area contributed by atoms with E-state index in [0.29, 0.717) is 34.7 Å². The number of furan rings is 1. The number of aromatic nitrogens is 4. The van der Waals surface area contributed by atoms with Crippen molar-refractivity contribution in [2.24, 2.45) is 0 Å². The summed E-state index contributed by atoms with van der Waals surface area (Å²) in [5.74, 6) is -7.62. The fourth-order valence-corrected chi connectivity index (χ4v) is 8.15. The molecule has 0 spiro atoms. The number of hydrogen-bond acceptors (Lipinski definition) is 11. The van der Waals surface area contributed by atoms with E-state index in [9.17, 15) is 27.5 Å². The minimum Gasteiger partial charge on any atom is -0.501 e. The summed E-state index contributed by atoms with van der Waals surface area (Å²) in [5.41, 5.74) is -0.584. The Morgan fingerprint density at radius 2 is 1.75 bits per heavy atom. The normalized spacial score (nSPS) is 15.0. The van der Waals surface area contributed by atoms with Crippen molar-refractivity contribution in [2.75, 3.05) is 46.4 Å². The van der Waals surface area contributed by atoms with Crippen LogP contribution in [0.3, 0.4) is 0 Å². The van der Waals surface area contributed by atoms with E-state index in [1.807, 2.05) is 0 Å². The van der Waals surface area contributed by atoms with Crippen molar-refractivity contribution >= 4 is 54.8 Å². The van der Waals surface area contributed by atoms with Crippen molar-refractivity contribution in [1.82, 2.24) is 29.5 Å². The summed E-state index contributed by atoms with van der Waals surface area (Å²) < 4.78 is 111. The molecule has 1 aliphatic rings. The molecule has 22 heteroatoms. The maximum absolute atomic E-state index is 16.8. The van der Waals surface area contributed by atoms with E-state index < -0.39 is 65.0 Å². The SMILES string of the molecule is [B]C([B])(Oc1ccccc1C(F)(F)[C@@H](Oc1ncnc2sc(-c3ccc(F)o3)c(-c3ccc(OCCN4CCN(C)CC4)c(Cl)c3C)c12)C(=O)O)c1ccnn1CC(F)(F)F. The van der Waals surface area contributed by atoms with E-state index in [1.165, 1.54) is 12.1 Å². The average molecular weight is 885 g/mol. The Bertz CT molecular complexity index is 2550. The van der Waals surface area contributed by atoms with Crippen LogP contribution in [0.2, 0.25) is 5.02 Å². The first-order valence-corrected chi connectivity index (χ1v) is 19.6. The van der Waals surface area contributed by atoms with Gasteiger partial charge in [0.2, 0.25) is 5.88 Å². The second-order valence-corrected chi connectivity index (χ2v) is 15.5. The van der Waals surface area contributed by atoms with Gasteiger partial charge >= 0.3 is 18.1 Å². The zero-order valence-electron chi connectivity index (χ0n) is 32.3. The van der Waals surface area contributed by atoms with Gasteiger partial charge in [0.15, 0.2) is 0 Å². The molecule has 6 aromatic rings. The van der Waals surface area contributed by atoms with Gasteiger partial charge in [-0.2, -0.15) is 31.4 Å². The molecule has 5 heterocycles. The number of ether oxygens (including phenoxy) is 3. The van der Waals surface area contributed by atoms with Crippen LogP contribution in [0.4, 0.5) is 26.3 Å². The Morgan fingerprint density at radius 1 is 1.02 bits per heavy atom. The summed E-state index contributed by atoms with van der Waals surface area (Å²) in [7, 11) is 14.2. The molecule has 61 heavy (non-hydrogen) atoms. The van der Waals surface area contributed by atoms with Crippen molar-refractivity contribution in [2.45, 2.75) is 37.1 Å². The van der Waals surface area contributed by atoms with Crippen LogP contribution >= 0.6 is 22.9 Å². The number of carboxylic acid groups (broad SMARTS) is 1. The second-order valence-electron chi connectivity index (χ2n) is 14.2. The van der Waals surface area contributed by atoms with Gasteiger partial charge in [0.05, 0.1) is 31.9 Å². The topological polar surface area (TPSA) is 128 Å². The van der Waals surface area contributed by atoms with Gasteiger partial charge in [-0.3, -0.25) is 9.58 Å². The van der Waals surface area contributed by atoms with Gasteiger partial charge in [-0.25, -0.2) is 14.8 Å². The number of aliphatic carboxylic acids is 1. The molecule has 316 valence electrons. The Labute approximate surface area is 355 Å². The van der Waals surface area contributed by atoms with Gasteiger partial charge in [0.1, 0.15) is 57.3 Å². The smallest absolute Gasteiger partial charge is 0.408 e. The third-order valence-corrected chi connectivity index (χ3v) is 11.5. The molecule has 1 atom stereocenters. The van der Waals surface area contributed by atoms with Crippen LogP contribution < -0.4 is 14.2 Å². The minimum absolute atomic E-state index is 0.0271. The zero-order chi connectivity index (χ0) is 43.9. The van der Waals surface area contributed by atoms with Gasteiger partial charge in [-0.1, -0.05) is 29.8 Å². The molecular formula is C39H33B2ClF6N6O6S. The lowest BCUT2D eigenvalue weighted by Crippen LogP contribution is -2.45. The standard InChI is InChI=1S/C39H33B2ClF6N6O6S/c1-21-22(7-8-25(31(21)42)57-18-17-53-15-13-52(2)14-16-53)29-30-34(49-20-50-35(30)61-32(29)26-9-10-28(43)58-26)59-33(36(55)56)38(47,48)23-5-3-4-6-24(23)60-39(40,41)27-11-12-51-54(27)19-37(44,45)46/h3-12,20,33H,13-19H2,1-2H3,(H,55,56)/t33-/m0/s1. The number of benzene rings is 2. The van der Waals surface area contributed by atoms with Crippen molar-refractivity contribution in [3.8, 4) is 39.1 Å². The van der Waals surface area contributed by atoms with Gasteiger partial charge in [-0.15, -0.1) is 11.3 Å². The molecule has 0 saturated carbocycles. The summed E-state index contributed by atoms with van der Waals surface area (Å²) in [6.45, 7) is 4.69. The number of thiophene rings is 1. The fraction of sp³-hybridized carbons (Fsp3) is 0.333. The van der Waals surface area contributed by atoms with Gasteiger partial charge < -0.3 is 28.6 Å². The van der Waals surface area contributed by atoms with Crippen LogP contribution in [0, 0.1) is 12.9 Å². The molecular weight excluding hydrogens is 852 g/mol. The Morgan fingerprint density at radius 3 is 2.44 bits per heavy atom. The number of fused-ring (bicyclic) bond motifs is 1. The van der Waals surface area contributed by atoms with Gasteiger partial charge in [0.25, 0.3) is 12.1 Å². The predicted molar refractivity (Wildman–Crippen MR) is 214 cm³/mol. The number of piperazine rings is 1. The molecule has 0 aliphatic carbocycles. The highest BCUT2D eigenvalue weighted by atomic mass is 35.5. The lowest BCUT2D eigenvalue weighted by molar-refractivity contribution is -0.169. The first-order valence-electron chi connectivity index (χ1n) is 18.4. The number of carbonyl (C=O) groups is 1. The van der Waals surface area contributed by atoms with Crippen LogP contribution in [0.1, 0.15) is 16.8 Å². The van der Waals surface area contributed by atoms with Crippen LogP contribution in [0.5, 0.6) is 17.4 Å². The molecule has 4 radical (unpaired) electrons. The Hall–Kier alpha value is -5.24.